The van der Waals surface area contributed by atoms with Crippen molar-refractivity contribution >= 4 is 35.4 Å². The zero-order valence-corrected chi connectivity index (χ0v) is 15.7. The van der Waals surface area contributed by atoms with Crippen molar-refractivity contribution in [3.8, 4) is 0 Å². The number of halogens is 1. The fourth-order valence-electron chi connectivity index (χ4n) is 2.18. The molecule has 0 aliphatic heterocycles. The van der Waals surface area contributed by atoms with Crippen molar-refractivity contribution in [2.75, 3.05) is 0 Å². The van der Waals surface area contributed by atoms with Gasteiger partial charge < -0.3 is 5.73 Å². The van der Waals surface area contributed by atoms with Gasteiger partial charge in [-0.15, -0.1) is 11.6 Å². The first-order valence-corrected chi connectivity index (χ1v) is 9.60. The molecular weight excluding hydrogens is 333 g/mol. The summed E-state index contributed by atoms with van der Waals surface area (Å²) < 4.78 is 0. The number of nitrogens with two attached hydrogens (primary N) is 1. The molecule has 2 N–H and O–H groups in total. The van der Waals surface area contributed by atoms with Gasteiger partial charge >= 0.3 is 0 Å². The smallest absolute Gasteiger partial charge is 0.0853 e. The molecule has 0 atom stereocenters. The first-order chi connectivity index (χ1) is 11.4. The van der Waals surface area contributed by atoms with E-state index in [0.29, 0.717) is 0 Å². The minimum atomic E-state index is -0.528. The maximum atomic E-state index is 5.31. The van der Waals surface area contributed by atoms with Gasteiger partial charge in [0.25, 0.3) is 0 Å². The number of hydrogen-bond donors (Lipinski definition) is 1. The average Bonchev–Trinajstić information content (AvgIpc) is 2.57. The van der Waals surface area contributed by atoms with Crippen LogP contribution in [0.1, 0.15) is 13.8 Å². The number of hydrogen-bond acceptors (Lipinski definition) is 1. The number of benzene rings is 3. The molecule has 0 aliphatic rings. The van der Waals surface area contributed by atoms with Crippen molar-refractivity contribution < 1.29 is 0 Å². The highest BCUT2D eigenvalue weighted by Crippen LogP contribution is 2.32. The van der Waals surface area contributed by atoms with Crippen molar-refractivity contribution in [2.45, 2.75) is 18.8 Å². The highest BCUT2D eigenvalue weighted by atomic mass is 35.5. The Labute approximate surface area is 151 Å². The van der Waals surface area contributed by atoms with E-state index in [1.54, 1.807) is 13.8 Å². The van der Waals surface area contributed by atoms with E-state index in [9.17, 15) is 0 Å². The van der Waals surface area contributed by atoms with Crippen molar-refractivity contribution in [1.82, 2.24) is 0 Å². The first kappa shape index (κ1) is 18.7. The molecule has 0 heterocycles. The van der Waals surface area contributed by atoms with Crippen LogP contribution in [0.15, 0.2) is 91.0 Å². The second-order valence-corrected chi connectivity index (χ2v) is 9.10. The summed E-state index contributed by atoms with van der Waals surface area (Å²) in [7, 11) is -0.446. The van der Waals surface area contributed by atoms with Crippen molar-refractivity contribution in [2.24, 2.45) is 5.73 Å². The zero-order valence-electron chi connectivity index (χ0n) is 14.1. The molecule has 124 valence electrons. The fraction of sp³-hybridized carbons (Fsp3) is 0.143. The quantitative estimate of drug-likeness (QED) is 0.421. The maximum absolute atomic E-state index is 5.31. The number of alkyl halides is 1. The van der Waals surface area contributed by atoms with Gasteiger partial charge in [-0.1, -0.05) is 91.0 Å². The van der Waals surface area contributed by atoms with Gasteiger partial charge in [0, 0.05) is 0 Å². The van der Waals surface area contributed by atoms with Gasteiger partial charge in [0.15, 0.2) is 0 Å². The Morgan fingerprint density at radius 1 is 0.625 bits per heavy atom. The van der Waals surface area contributed by atoms with E-state index in [-0.39, 0.29) is 0 Å². The molecule has 0 fully saturated rings. The molecule has 0 unspecified atom stereocenters. The van der Waals surface area contributed by atoms with Crippen LogP contribution in [0.4, 0.5) is 0 Å². The van der Waals surface area contributed by atoms with E-state index >= 15 is 0 Å². The van der Waals surface area contributed by atoms with E-state index in [2.05, 4.69) is 91.0 Å². The molecule has 0 radical (unpaired) electrons. The Morgan fingerprint density at radius 3 is 1.04 bits per heavy atom. The molecule has 0 amide bonds. The Hall–Kier alpha value is -1.66. The molecule has 0 aromatic heterocycles. The van der Waals surface area contributed by atoms with Crippen molar-refractivity contribution in [3.05, 3.63) is 91.0 Å². The Bertz CT molecular complexity index is 609. The van der Waals surface area contributed by atoms with Crippen molar-refractivity contribution in [1.29, 1.82) is 0 Å². The predicted molar refractivity (Wildman–Crippen MR) is 109 cm³/mol. The third-order valence-electron chi connectivity index (χ3n) is 3.04. The van der Waals surface area contributed by atoms with Gasteiger partial charge in [0.2, 0.25) is 0 Å². The summed E-state index contributed by atoms with van der Waals surface area (Å²) in [5, 5.41) is 4.19. The molecule has 0 aliphatic carbocycles. The molecule has 1 nitrogen and oxygen atoms in total. The molecule has 0 spiro atoms. The van der Waals surface area contributed by atoms with E-state index < -0.39 is 12.9 Å². The number of rotatable bonds is 3. The second kappa shape index (κ2) is 8.99. The summed E-state index contributed by atoms with van der Waals surface area (Å²) in [5.74, 6) is 0. The summed E-state index contributed by atoms with van der Waals surface area (Å²) in [6.07, 6.45) is 0. The molecule has 3 aromatic carbocycles. The highest BCUT2D eigenvalue weighted by Gasteiger charge is 2.14. The predicted octanol–water partition coefficient (Wildman–Crippen LogP) is 4.36. The molecule has 3 aromatic rings. The summed E-state index contributed by atoms with van der Waals surface area (Å²) >= 11 is 5.31. The van der Waals surface area contributed by atoms with Crippen LogP contribution in [0.5, 0.6) is 0 Å². The minimum Gasteiger partial charge on any atom is -0.313 e. The van der Waals surface area contributed by atoms with Gasteiger partial charge in [-0.05, 0) is 37.7 Å². The summed E-state index contributed by atoms with van der Waals surface area (Å²) in [6.45, 7) is 3.46. The first-order valence-electron chi connectivity index (χ1n) is 7.88. The van der Waals surface area contributed by atoms with Crippen LogP contribution in [0.2, 0.25) is 0 Å². The topological polar surface area (TPSA) is 26.0 Å². The lowest BCUT2D eigenvalue weighted by Gasteiger charge is -2.18. The summed E-state index contributed by atoms with van der Waals surface area (Å²) in [5.41, 5.74) is 5.12. The van der Waals surface area contributed by atoms with E-state index in [1.165, 1.54) is 15.9 Å². The zero-order chi connectivity index (χ0) is 17.4. The lowest BCUT2D eigenvalue weighted by Crippen LogP contribution is -2.22. The third kappa shape index (κ3) is 6.45. The largest absolute Gasteiger partial charge is 0.313 e. The molecule has 24 heavy (non-hydrogen) atoms. The van der Waals surface area contributed by atoms with Crippen molar-refractivity contribution in [3.63, 3.8) is 0 Å². The summed E-state index contributed by atoms with van der Waals surface area (Å²) in [6, 6.07) is 32.3. The monoisotopic (exact) mass is 355 g/mol. The van der Waals surface area contributed by atoms with Crippen LogP contribution < -0.4 is 21.6 Å². The molecule has 0 saturated carbocycles. The Balaban J connectivity index is 0.000000368. The van der Waals surface area contributed by atoms with Gasteiger partial charge in [0.1, 0.15) is 0 Å². The van der Waals surface area contributed by atoms with E-state index in [4.69, 9.17) is 17.3 Å². The highest BCUT2D eigenvalue weighted by molar-refractivity contribution is 7.79. The van der Waals surface area contributed by atoms with Crippen LogP contribution in [0.3, 0.4) is 0 Å². The summed E-state index contributed by atoms with van der Waals surface area (Å²) in [4.78, 5) is -0.528. The Morgan fingerprint density at radius 2 is 0.833 bits per heavy atom. The van der Waals surface area contributed by atoms with Crippen LogP contribution in [-0.2, 0) is 0 Å². The third-order valence-corrected chi connectivity index (χ3v) is 5.49. The molecule has 3 heteroatoms. The van der Waals surface area contributed by atoms with Gasteiger partial charge in [-0.3, -0.25) is 0 Å². The lowest BCUT2D eigenvalue weighted by atomic mass is 10.4. The standard InChI is InChI=1S/C18H15P.C3H8ClN/c1-4-10-16(11-5-1)19(17-12-6-2-7-13-17)18-14-8-3-9-15-18;1-3(2,4)5/h1-15H;5H2,1-2H3. The molecule has 3 rings (SSSR count). The van der Waals surface area contributed by atoms with E-state index in [1.807, 2.05) is 0 Å². The SMILES string of the molecule is CC(C)(N)Cl.c1ccc(P(c2ccccc2)c2ccccc2)cc1. The molecule has 0 saturated heterocycles. The molecular formula is C21H23ClNP. The lowest BCUT2D eigenvalue weighted by molar-refractivity contribution is 0.743. The minimum absolute atomic E-state index is 0.446. The fourth-order valence-corrected chi connectivity index (χ4v) is 4.48. The van der Waals surface area contributed by atoms with Crippen LogP contribution >= 0.6 is 19.5 Å². The van der Waals surface area contributed by atoms with Gasteiger partial charge in [-0.2, -0.15) is 0 Å². The molecule has 0 bridgehead atoms. The maximum Gasteiger partial charge on any atom is 0.0853 e. The van der Waals surface area contributed by atoms with Gasteiger partial charge in [-0.25, -0.2) is 0 Å². The second-order valence-electron chi connectivity index (χ2n) is 5.91. The van der Waals surface area contributed by atoms with Crippen LogP contribution in [0, 0.1) is 0 Å². The Kier molecular flexibility index (Phi) is 6.99. The van der Waals surface area contributed by atoms with E-state index in [0.717, 1.165) is 0 Å². The van der Waals surface area contributed by atoms with Crippen LogP contribution in [-0.4, -0.2) is 5.00 Å². The average molecular weight is 356 g/mol. The van der Waals surface area contributed by atoms with Crippen LogP contribution in [0.25, 0.3) is 0 Å². The normalized spacial score (nSPS) is 10.9. The van der Waals surface area contributed by atoms with Gasteiger partial charge in [0.05, 0.1) is 5.00 Å².